The first-order chi connectivity index (χ1) is 16.5. The van der Waals surface area contributed by atoms with E-state index in [2.05, 4.69) is 5.32 Å². The zero-order chi connectivity index (χ0) is 25.8. The molecule has 3 unspecified atom stereocenters. The average Bonchev–Trinajstić information content (AvgIpc) is 3.13. The van der Waals surface area contributed by atoms with Gasteiger partial charge >= 0.3 is 18.2 Å². The Morgan fingerprint density at radius 2 is 1.57 bits per heavy atom. The molecule has 3 rings (SSSR count). The minimum absolute atomic E-state index is 0.0370. The van der Waals surface area contributed by atoms with Crippen LogP contribution >= 0.6 is 0 Å². The van der Waals surface area contributed by atoms with Gasteiger partial charge in [-0.2, -0.15) is 13.2 Å². The van der Waals surface area contributed by atoms with Crippen molar-refractivity contribution in [3.05, 3.63) is 59.7 Å². The van der Waals surface area contributed by atoms with Crippen LogP contribution in [-0.2, 0) is 19.1 Å². The summed E-state index contributed by atoms with van der Waals surface area (Å²) >= 11 is 0. The van der Waals surface area contributed by atoms with E-state index in [-0.39, 0.29) is 12.5 Å². The number of hydrogen-bond donors (Lipinski definition) is 3. The van der Waals surface area contributed by atoms with Crippen molar-refractivity contribution >= 4 is 18.0 Å². The fraction of sp³-hybridized carbons (Fsp3) is 0.375. The number of alkyl halides is 3. The summed E-state index contributed by atoms with van der Waals surface area (Å²) in [5.74, 6) is -6.19. The summed E-state index contributed by atoms with van der Waals surface area (Å²) in [6.07, 6.45) is -6.96. The topological polar surface area (TPSA) is 114 Å². The molecule has 8 nitrogen and oxygen atoms in total. The third-order valence-electron chi connectivity index (χ3n) is 5.91. The summed E-state index contributed by atoms with van der Waals surface area (Å²) < 4.78 is 49.0. The van der Waals surface area contributed by atoms with Crippen molar-refractivity contribution in [1.29, 1.82) is 0 Å². The van der Waals surface area contributed by atoms with E-state index in [0.717, 1.165) is 22.3 Å². The number of halogens is 3. The minimum Gasteiger partial charge on any atom is -0.481 e. The summed E-state index contributed by atoms with van der Waals surface area (Å²) in [4.78, 5) is 35.9. The number of benzene rings is 2. The van der Waals surface area contributed by atoms with E-state index < -0.39 is 48.8 Å². The molecule has 1 aliphatic rings. The van der Waals surface area contributed by atoms with Crippen molar-refractivity contribution < 1.29 is 42.1 Å². The standard InChI is InChI=1S/C24H25F3N2O6/c1-13(34-2)20(21(30)28-11-19(22(31)32)24(25,26)27)29-23(33)35-12-18-16-9-5-3-7-14(16)15-8-4-6-10-17(15)18/h3-10,13,18-20H,11-12H2,1-2H3,(H,28,30)(H,29,33)(H,31,32). The van der Waals surface area contributed by atoms with Crippen LogP contribution in [0.1, 0.15) is 24.0 Å². The van der Waals surface area contributed by atoms with Crippen LogP contribution in [0.15, 0.2) is 48.5 Å². The fourth-order valence-corrected chi connectivity index (χ4v) is 3.95. The molecule has 1 aliphatic carbocycles. The zero-order valence-electron chi connectivity index (χ0n) is 19.0. The van der Waals surface area contributed by atoms with E-state index in [9.17, 15) is 27.6 Å². The molecular formula is C24H25F3N2O6. The Labute approximate surface area is 199 Å². The maximum Gasteiger partial charge on any atom is 0.407 e. The van der Waals surface area contributed by atoms with Crippen molar-refractivity contribution in [2.24, 2.45) is 5.92 Å². The van der Waals surface area contributed by atoms with Gasteiger partial charge in [0.1, 0.15) is 12.6 Å². The van der Waals surface area contributed by atoms with Gasteiger partial charge in [0, 0.05) is 19.6 Å². The van der Waals surface area contributed by atoms with Crippen LogP contribution in [-0.4, -0.2) is 61.7 Å². The largest absolute Gasteiger partial charge is 0.481 e. The number of fused-ring (bicyclic) bond motifs is 3. The van der Waals surface area contributed by atoms with E-state index in [1.54, 1.807) is 0 Å². The molecule has 0 spiro atoms. The maximum atomic E-state index is 12.9. The molecule has 11 heteroatoms. The molecule has 0 fully saturated rings. The SMILES string of the molecule is COC(C)C(NC(=O)OCC1c2ccccc2-c2ccccc21)C(=O)NCC(C(=O)O)C(F)(F)F. The lowest BCUT2D eigenvalue weighted by Crippen LogP contribution is -2.54. The lowest BCUT2D eigenvalue weighted by molar-refractivity contribution is -0.192. The summed E-state index contributed by atoms with van der Waals surface area (Å²) in [7, 11) is 1.25. The second-order valence-corrected chi connectivity index (χ2v) is 8.07. The van der Waals surface area contributed by atoms with E-state index >= 15 is 0 Å². The van der Waals surface area contributed by atoms with Crippen molar-refractivity contribution in [3.63, 3.8) is 0 Å². The number of alkyl carbamates (subject to hydrolysis) is 1. The van der Waals surface area contributed by atoms with Crippen LogP contribution in [0.5, 0.6) is 0 Å². The number of hydrogen-bond acceptors (Lipinski definition) is 5. The molecule has 2 aromatic rings. The number of nitrogens with one attached hydrogen (secondary N) is 2. The molecule has 0 saturated carbocycles. The average molecular weight is 494 g/mol. The van der Waals surface area contributed by atoms with Crippen molar-refractivity contribution in [3.8, 4) is 11.1 Å². The van der Waals surface area contributed by atoms with Gasteiger partial charge in [0.25, 0.3) is 0 Å². The number of carbonyl (C=O) groups is 3. The molecule has 0 aliphatic heterocycles. The van der Waals surface area contributed by atoms with Gasteiger partial charge in [-0.15, -0.1) is 0 Å². The number of carboxylic acid groups (broad SMARTS) is 1. The molecule has 3 N–H and O–H groups in total. The predicted molar refractivity (Wildman–Crippen MR) is 119 cm³/mol. The molecule has 35 heavy (non-hydrogen) atoms. The first-order valence-corrected chi connectivity index (χ1v) is 10.8. The first-order valence-electron chi connectivity index (χ1n) is 10.8. The van der Waals surface area contributed by atoms with Crippen LogP contribution in [0.3, 0.4) is 0 Å². The van der Waals surface area contributed by atoms with Crippen molar-refractivity contribution in [2.75, 3.05) is 20.3 Å². The monoisotopic (exact) mass is 494 g/mol. The van der Waals surface area contributed by atoms with Crippen molar-refractivity contribution in [1.82, 2.24) is 10.6 Å². The van der Waals surface area contributed by atoms with E-state index in [1.165, 1.54) is 14.0 Å². The Morgan fingerprint density at radius 1 is 1.03 bits per heavy atom. The number of carboxylic acids is 1. The second kappa shape index (κ2) is 10.8. The smallest absolute Gasteiger partial charge is 0.407 e. The highest BCUT2D eigenvalue weighted by Crippen LogP contribution is 2.44. The van der Waals surface area contributed by atoms with Crippen molar-refractivity contribution in [2.45, 2.75) is 31.2 Å². The van der Waals surface area contributed by atoms with E-state index in [4.69, 9.17) is 14.6 Å². The van der Waals surface area contributed by atoms with Gasteiger partial charge in [0.15, 0.2) is 5.92 Å². The summed E-state index contributed by atoms with van der Waals surface area (Å²) in [5, 5.41) is 13.0. The Bertz CT molecular complexity index is 1050. The third kappa shape index (κ3) is 5.91. The van der Waals surface area contributed by atoms with Crippen LogP contribution in [0.25, 0.3) is 11.1 Å². The van der Waals surface area contributed by atoms with Crippen LogP contribution < -0.4 is 10.6 Å². The van der Waals surface area contributed by atoms with Gasteiger partial charge in [0.2, 0.25) is 5.91 Å². The molecule has 0 heterocycles. The van der Waals surface area contributed by atoms with Crippen LogP contribution in [0, 0.1) is 5.92 Å². The quantitative estimate of drug-likeness (QED) is 0.493. The summed E-state index contributed by atoms with van der Waals surface area (Å²) in [5.41, 5.74) is 4.01. The molecule has 2 aromatic carbocycles. The molecule has 0 aromatic heterocycles. The van der Waals surface area contributed by atoms with Gasteiger partial charge < -0.3 is 25.2 Å². The number of carbonyl (C=O) groups excluding carboxylic acids is 2. The number of aliphatic carboxylic acids is 1. The molecule has 0 saturated heterocycles. The molecule has 3 atom stereocenters. The van der Waals surface area contributed by atoms with Crippen LogP contribution in [0.2, 0.25) is 0 Å². The lowest BCUT2D eigenvalue weighted by atomic mass is 9.98. The maximum absolute atomic E-state index is 12.9. The van der Waals surface area contributed by atoms with Gasteiger partial charge in [-0.1, -0.05) is 48.5 Å². The van der Waals surface area contributed by atoms with Gasteiger partial charge in [-0.05, 0) is 29.2 Å². The van der Waals surface area contributed by atoms with Gasteiger partial charge in [0.05, 0.1) is 6.10 Å². The highest BCUT2D eigenvalue weighted by atomic mass is 19.4. The number of rotatable bonds is 9. The second-order valence-electron chi connectivity index (χ2n) is 8.07. The van der Waals surface area contributed by atoms with E-state index in [1.807, 2.05) is 53.8 Å². The lowest BCUT2D eigenvalue weighted by Gasteiger charge is -2.24. The normalized spacial score (nSPS) is 15.3. The Balaban J connectivity index is 1.65. The molecule has 188 valence electrons. The predicted octanol–water partition coefficient (Wildman–Crippen LogP) is 3.31. The van der Waals surface area contributed by atoms with Crippen LogP contribution in [0.4, 0.5) is 18.0 Å². The molecule has 0 radical (unpaired) electrons. The third-order valence-corrected chi connectivity index (χ3v) is 5.91. The summed E-state index contributed by atoms with van der Waals surface area (Å²) in [6, 6.07) is 14.0. The number of ether oxygens (including phenoxy) is 2. The zero-order valence-corrected chi connectivity index (χ0v) is 19.0. The highest BCUT2D eigenvalue weighted by Gasteiger charge is 2.45. The van der Waals surface area contributed by atoms with Gasteiger partial charge in [-0.25, -0.2) is 4.79 Å². The van der Waals surface area contributed by atoms with Gasteiger partial charge in [-0.3, -0.25) is 9.59 Å². The molecule has 0 bridgehead atoms. The number of methoxy groups -OCH3 is 1. The van der Waals surface area contributed by atoms with E-state index in [0.29, 0.717) is 0 Å². The molecule has 2 amide bonds. The molecular weight excluding hydrogens is 469 g/mol. The fourth-order valence-electron chi connectivity index (χ4n) is 3.95. The summed E-state index contributed by atoms with van der Waals surface area (Å²) in [6.45, 7) is 0.189. The highest BCUT2D eigenvalue weighted by molar-refractivity contribution is 5.87. The Kier molecular flexibility index (Phi) is 8.00. The Morgan fingerprint density at radius 3 is 2.06 bits per heavy atom. The number of amides is 2. The Hall–Kier alpha value is -3.60. The minimum atomic E-state index is -5.05. The first kappa shape index (κ1) is 26.0.